The molecule has 0 heterocycles. The Hall–Kier alpha value is 0.200. The second-order valence-electron chi connectivity index (χ2n) is 3.29. The molecule has 0 aliphatic heterocycles. The lowest BCUT2D eigenvalue weighted by molar-refractivity contribution is -0.147. The maximum absolute atomic E-state index is 10.5. The molecular weight excluding hydrogens is 255 g/mol. The summed E-state index contributed by atoms with van der Waals surface area (Å²) in [5, 5.41) is 8.67. The lowest BCUT2D eigenvalue weighted by Gasteiger charge is -2.17. The Labute approximate surface area is 85.4 Å². The van der Waals surface area contributed by atoms with Crippen LogP contribution in [-0.4, -0.2) is 11.1 Å². The van der Waals surface area contributed by atoms with Crippen molar-refractivity contribution in [1.82, 2.24) is 0 Å². The first kappa shape index (κ1) is 13.8. The monoisotopic (exact) mass is 272 g/mol. The van der Waals surface area contributed by atoms with Gasteiger partial charge in [-0.1, -0.05) is 19.8 Å². The van der Waals surface area contributed by atoms with Crippen molar-refractivity contribution in [1.29, 1.82) is 0 Å². The van der Waals surface area contributed by atoms with Crippen LogP contribution in [0, 0.1) is 5.41 Å². The van der Waals surface area contributed by atoms with Gasteiger partial charge in [-0.15, -0.1) is 24.0 Å². The van der Waals surface area contributed by atoms with Crippen LogP contribution in [0.5, 0.6) is 0 Å². The smallest absolute Gasteiger partial charge is 0.309 e. The first-order valence-electron chi connectivity index (χ1n) is 3.74. The van der Waals surface area contributed by atoms with Crippen molar-refractivity contribution in [3.8, 4) is 0 Å². The van der Waals surface area contributed by atoms with E-state index in [2.05, 4.69) is 6.92 Å². The Kier molecular flexibility index (Phi) is 7.26. The standard InChI is InChI=1S/C8H16O2.HI/c1-4-5-6-8(2,3)7(9)10;/h4-6H2,1-3H3,(H,9,10);1H. The summed E-state index contributed by atoms with van der Waals surface area (Å²) in [4.78, 5) is 10.5. The molecule has 0 atom stereocenters. The molecule has 11 heavy (non-hydrogen) atoms. The lowest BCUT2D eigenvalue weighted by atomic mass is 9.88. The average molecular weight is 272 g/mol. The number of hydrogen-bond donors (Lipinski definition) is 1. The summed E-state index contributed by atoms with van der Waals surface area (Å²) in [6.45, 7) is 5.61. The van der Waals surface area contributed by atoms with Gasteiger partial charge in [0.05, 0.1) is 5.41 Å². The molecule has 0 rings (SSSR count). The molecule has 0 fully saturated rings. The van der Waals surface area contributed by atoms with E-state index in [4.69, 9.17) is 5.11 Å². The minimum atomic E-state index is -0.694. The predicted octanol–water partition coefficient (Wildman–Crippen LogP) is 2.91. The number of aliphatic carboxylic acids is 1. The first-order chi connectivity index (χ1) is 4.50. The molecule has 0 aromatic rings. The molecule has 0 aromatic heterocycles. The molecule has 0 aliphatic carbocycles. The topological polar surface area (TPSA) is 37.3 Å². The third kappa shape index (κ3) is 5.47. The fraction of sp³-hybridized carbons (Fsp3) is 0.875. The Morgan fingerprint density at radius 2 is 1.91 bits per heavy atom. The number of carboxylic acid groups (broad SMARTS) is 1. The van der Waals surface area contributed by atoms with E-state index >= 15 is 0 Å². The quantitative estimate of drug-likeness (QED) is 0.799. The molecule has 0 saturated carbocycles. The van der Waals surface area contributed by atoms with Crippen LogP contribution in [0.1, 0.15) is 40.0 Å². The highest BCUT2D eigenvalue weighted by atomic mass is 127. The second kappa shape index (κ2) is 5.80. The molecule has 1 N–H and O–H groups in total. The molecule has 68 valence electrons. The number of rotatable bonds is 4. The van der Waals surface area contributed by atoms with Gasteiger partial charge in [-0.3, -0.25) is 4.79 Å². The summed E-state index contributed by atoms with van der Waals surface area (Å²) < 4.78 is 0. The largest absolute Gasteiger partial charge is 0.481 e. The van der Waals surface area contributed by atoms with Crippen molar-refractivity contribution in [3.63, 3.8) is 0 Å². The van der Waals surface area contributed by atoms with Crippen LogP contribution in [0.2, 0.25) is 0 Å². The average Bonchev–Trinajstić information content (AvgIpc) is 1.84. The normalized spacial score (nSPS) is 10.5. The van der Waals surface area contributed by atoms with Gasteiger partial charge >= 0.3 is 5.97 Å². The highest BCUT2D eigenvalue weighted by molar-refractivity contribution is 14.0. The van der Waals surface area contributed by atoms with E-state index in [0.29, 0.717) is 0 Å². The van der Waals surface area contributed by atoms with Crippen molar-refractivity contribution < 1.29 is 9.90 Å². The zero-order valence-corrected chi connectivity index (χ0v) is 9.72. The molecule has 2 nitrogen and oxygen atoms in total. The maximum Gasteiger partial charge on any atom is 0.309 e. The Morgan fingerprint density at radius 3 is 2.18 bits per heavy atom. The van der Waals surface area contributed by atoms with Crippen LogP contribution in [0.3, 0.4) is 0 Å². The van der Waals surface area contributed by atoms with Gasteiger partial charge < -0.3 is 5.11 Å². The summed E-state index contributed by atoms with van der Waals surface area (Å²) in [7, 11) is 0. The van der Waals surface area contributed by atoms with Crippen molar-refractivity contribution >= 4 is 29.9 Å². The van der Waals surface area contributed by atoms with Crippen molar-refractivity contribution in [2.45, 2.75) is 40.0 Å². The number of unbranched alkanes of at least 4 members (excludes halogenated alkanes) is 1. The highest BCUT2D eigenvalue weighted by Crippen LogP contribution is 2.22. The molecule has 0 unspecified atom stereocenters. The van der Waals surface area contributed by atoms with E-state index in [-0.39, 0.29) is 24.0 Å². The predicted molar refractivity (Wildman–Crippen MR) is 56.4 cm³/mol. The summed E-state index contributed by atoms with van der Waals surface area (Å²) >= 11 is 0. The van der Waals surface area contributed by atoms with Crippen LogP contribution in [0.15, 0.2) is 0 Å². The first-order valence-corrected chi connectivity index (χ1v) is 3.74. The van der Waals surface area contributed by atoms with Gasteiger partial charge in [0.25, 0.3) is 0 Å². The van der Waals surface area contributed by atoms with Crippen LogP contribution < -0.4 is 0 Å². The third-order valence-corrected chi connectivity index (χ3v) is 1.73. The van der Waals surface area contributed by atoms with Crippen LogP contribution in [-0.2, 0) is 4.79 Å². The van der Waals surface area contributed by atoms with Crippen LogP contribution >= 0.6 is 24.0 Å². The van der Waals surface area contributed by atoms with Crippen molar-refractivity contribution in [2.24, 2.45) is 5.41 Å². The van der Waals surface area contributed by atoms with E-state index < -0.39 is 11.4 Å². The van der Waals surface area contributed by atoms with Crippen molar-refractivity contribution in [2.75, 3.05) is 0 Å². The molecule has 0 spiro atoms. The minimum Gasteiger partial charge on any atom is -0.481 e. The van der Waals surface area contributed by atoms with Crippen LogP contribution in [0.4, 0.5) is 0 Å². The van der Waals surface area contributed by atoms with Gasteiger partial charge in [-0.05, 0) is 20.3 Å². The van der Waals surface area contributed by atoms with E-state index in [9.17, 15) is 4.79 Å². The van der Waals surface area contributed by atoms with Crippen molar-refractivity contribution in [3.05, 3.63) is 0 Å². The number of hydrogen-bond acceptors (Lipinski definition) is 1. The molecule has 0 amide bonds. The molecule has 3 heteroatoms. The van der Waals surface area contributed by atoms with Gasteiger partial charge in [0.1, 0.15) is 0 Å². The molecule has 0 saturated heterocycles. The van der Waals surface area contributed by atoms with Gasteiger partial charge in [-0.2, -0.15) is 0 Å². The lowest BCUT2D eigenvalue weighted by Crippen LogP contribution is -2.23. The van der Waals surface area contributed by atoms with Crippen LogP contribution in [0.25, 0.3) is 0 Å². The zero-order chi connectivity index (χ0) is 8.20. The maximum atomic E-state index is 10.5. The number of carboxylic acids is 1. The van der Waals surface area contributed by atoms with E-state index in [1.807, 2.05) is 0 Å². The van der Waals surface area contributed by atoms with E-state index in [0.717, 1.165) is 19.3 Å². The van der Waals surface area contributed by atoms with Gasteiger partial charge in [-0.25, -0.2) is 0 Å². The molecule has 0 aliphatic rings. The SMILES string of the molecule is CCCCC(C)(C)C(=O)O.I. The molecule has 0 radical (unpaired) electrons. The molecule has 0 bridgehead atoms. The van der Waals surface area contributed by atoms with Gasteiger partial charge in [0, 0.05) is 0 Å². The Balaban J connectivity index is 0. The minimum absolute atomic E-state index is 0. The molecular formula is C8H17IO2. The fourth-order valence-electron chi connectivity index (χ4n) is 0.726. The van der Waals surface area contributed by atoms with Gasteiger partial charge in [0.15, 0.2) is 0 Å². The second-order valence-corrected chi connectivity index (χ2v) is 3.29. The summed E-state index contributed by atoms with van der Waals surface area (Å²) in [5.41, 5.74) is -0.532. The summed E-state index contributed by atoms with van der Waals surface area (Å²) in [6.07, 6.45) is 2.84. The van der Waals surface area contributed by atoms with Gasteiger partial charge in [0.2, 0.25) is 0 Å². The van der Waals surface area contributed by atoms with E-state index in [1.165, 1.54) is 0 Å². The molecule has 0 aromatic carbocycles. The number of carbonyl (C=O) groups is 1. The number of halogens is 1. The summed E-state index contributed by atoms with van der Waals surface area (Å²) in [6, 6.07) is 0. The zero-order valence-electron chi connectivity index (χ0n) is 7.39. The Bertz CT molecular complexity index is 121. The summed E-state index contributed by atoms with van der Waals surface area (Å²) in [5.74, 6) is -0.694. The third-order valence-electron chi connectivity index (χ3n) is 1.73. The van der Waals surface area contributed by atoms with E-state index in [1.54, 1.807) is 13.8 Å². The fourth-order valence-corrected chi connectivity index (χ4v) is 0.726. The highest BCUT2D eigenvalue weighted by Gasteiger charge is 2.25. The Morgan fingerprint density at radius 1 is 1.45 bits per heavy atom.